The van der Waals surface area contributed by atoms with E-state index < -0.39 is 57.9 Å². The van der Waals surface area contributed by atoms with Crippen LogP contribution in [0.15, 0.2) is 84.9 Å². The molecule has 0 aromatic heterocycles. The quantitative estimate of drug-likeness (QED) is 0.166. The SMILES string of the molecule is C#CCN1C(=O)[C@H]2N(C(=O)[C@@H](O)[C@@H](N)Cc3ccccc3)CSC21C.Cc1ccccc1CN1C(=O)[C@H]2N(C(=O)[C@@H](O)[C@@H](N)Cc3ccccc3)CSC21C. The Labute approximate surface area is 330 Å². The average molecular weight is 785 g/mol. The molecule has 3 aromatic rings. The van der Waals surface area contributed by atoms with E-state index in [2.05, 4.69) is 5.92 Å². The molecule has 4 aliphatic heterocycles. The Morgan fingerprint density at radius 2 is 1.18 bits per heavy atom. The van der Waals surface area contributed by atoms with E-state index in [-0.39, 0.29) is 18.4 Å². The number of aryl methyl sites for hydroxylation is 1. The van der Waals surface area contributed by atoms with Gasteiger partial charge in [-0.3, -0.25) is 19.2 Å². The molecule has 7 rings (SSSR count). The van der Waals surface area contributed by atoms with Crippen molar-refractivity contribution in [1.29, 1.82) is 0 Å². The van der Waals surface area contributed by atoms with Crippen molar-refractivity contribution >= 4 is 47.2 Å². The van der Waals surface area contributed by atoms with Gasteiger partial charge in [0.15, 0.2) is 0 Å². The minimum Gasteiger partial charge on any atom is -0.382 e. The summed E-state index contributed by atoms with van der Waals surface area (Å²) in [4.78, 5) is 56.3. The number of thioether (sulfide) groups is 2. The van der Waals surface area contributed by atoms with Crippen LogP contribution in [0.3, 0.4) is 0 Å². The first-order valence-corrected chi connectivity index (χ1v) is 20.1. The van der Waals surface area contributed by atoms with E-state index in [4.69, 9.17) is 17.9 Å². The smallest absolute Gasteiger partial charge is 0.254 e. The first kappa shape index (κ1) is 40.3. The lowest BCUT2D eigenvalue weighted by molar-refractivity contribution is -0.168. The molecule has 4 heterocycles. The molecule has 0 saturated carbocycles. The van der Waals surface area contributed by atoms with Crippen LogP contribution in [0, 0.1) is 19.3 Å². The van der Waals surface area contributed by atoms with E-state index >= 15 is 0 Å². The molecular weight excluding hydrogens is 737 g/mol. The van der Waals surface area contributed by atoms with Gasteiger partial charge in [0.25, 0.3) is 17.7 Å². The molecule has 4 amide bonds. The number of carbonyl (C=O) groups is 4. The van der Waals surface area contributed by atoms with Gasteiger partial charge in [-0.1, -0.05) is 90.8 Å². The van der Waals surface area contributed by atoms with Crippen LogP contribution in [0.2, 0.25) is 0 Å². The molecule has 2 unspecified atom stereocenters. The Bertz CT molecular complexity index is 1950. The number of hydrogen-bond acceptors (Lipinski definition) is 10. The Morgan fingerprint density at radius 1 is 0.764 bits per heavy atom. The molecule has 0 spiro atoms. The van der Waals surface area contributed by atoms with Crippen molar-refractivity contribution in [2.24, 2.45) is 11.5 Å². The van der Waals surface area contributed by atoms with E-state index in [1.165, 1.54) is 21.6 Å². The summed E-state index contributed by atoms with van der Waals surface area (Å²) in [5, 5.41) is 21.0. The monoisotopic (exact) mass is 784 g/mol. The number of likely N-dealkylation sites (tertiary alicyclic amines) is 2. The number of aliphatic hydroxyl groups excluding tert-OH is 2. The van der Waals surface area contributed by atoms with Gasteiger partial charge in [-0.2, -0.15) is 0 Å². The highest BCUT2D eigenvalue weighted by Crippen LogP contribution is 2.52. The van der Waals surface area contributed by atoms with Gasteiger partial charge in [0.1, 0.15) is 34.0 Å². The van der Waals surface area contributed by atoms with Gasteiger partial charge < -0.3 is 41.3 Å². The molecule has 4 aliphatic rings. The fourth-order valence-electron chi connectivity index (χ4n) is 7.66. The van der Waals surface area contributed by atoms with Crippen LogP contribution >= 0.6 is 23.5 Å². The summed E-state index contributed by atoms with van der Waals surface area (Å²) in [7, 11) is 0. The number of benzene rings is 3. The predicted octanol–water partition coefficient (Wildman–Crippen LogP) is 1.90. The van der Waals surface area contributed by atoms with Crippen molar-refractivity contribution < 1.29 is 29.4 Å². The fourth-order valence-corrected chi connectivity index (χ4v) is 10.4. The highest BCUT2D eigenvalue weighted by molar-refractivity contribution is 8.01. The number of terminal acetylenes is 1. The van der Waals surface area contributed by atoms with Gasteiger partial charge in [-0.25, -0.2) is 0 Å². The van der Waals surface area contributed by atoms with Crippen LogP contribution in [0.1, 0.15) is 36.1 Å². The number of fused-ring (bicyclic) bond motifs is 2. The number of nitrogens with zero attached hydrogens (tertiary/aromatic N) is 4. The molecule has 0 aliphatic carbocycles. The van der Waals surface area contributed by atoms with Gasteiger partial charge in [0.05, 0.1) is 18.3 Å². The number of aliphatic hydroxyl groups is 2. The third-order valence-electron chi connectivity index (χ3n) is 11.1. The zero-order valence-corrected chi connectivity index (χ0v) is 32.8. The lowest BCUT2D eigenvalue weighted by atomic mass is 9.92. The topological polar surface area (TPSA) is 174 Å². The van der Waals surface area contributed by atoms with Crippen LogP contribution in [-0.2, 0) is 38.6 Å². The molecule has 3 aromatic carbocycles. The molecule has 4 fully saturated rings. The van der Waals surface area contributed by atoms with E-state index in [0.717, 1.165) is 22.3 Å². The van der Waals surface area contributed by atoms with Crippen molar-refractivity contribution in [3.05, 3.63) is 107 Å². The highest BCUT2D eigenvalue weighted by Gasteiger charge is 2.66. The van der Waals surface area contributed by atoms with Gasteiger partial charge in [0, 0.05) is 18.6 Å². The van der Waals surface area contributed by atoms with Crippen molar-refractivity contribution in [2.45, 2.75) is 86.3 Å². The average Bonchev–Trinajstić information content (AvgIpc) is 3.68. The van der Waals surface area contributed by atoms with Crippen LogP contribution in [0.25, 0.3) is 0 Å². The number of hydrogen-bond donors (Lipinski definition) is 4. The van der Waals surface area contributed by atoms with E-state index in [1.807, 2.05) is 111 Å². The minimum atomic E-state index is -1.35. The number of carbonyl (C=O) groups excluding carboxylic acids is 4. The summed E-state index contributed by atoms with van der Waals surface area (Å²) < 4.78 is 0. The molecule has 4 saturated heterocycles. The standard InChI is InChI=1S/C23H27N3O3S.C18H21N3O3S/c1-15-8-6-7-11-17(15)13-26-22(29)20-23(26,2)30-14-25(20)21(28)19(27)18(24)12-16-9-4-3-5-10-16;1-3-9-21-17(24)15-18(21,2)25-11-20(15)16(23)14(22)13(19)10-12-7-5-4-6-8-12/h3-11,18-20,27H,12-14,24H2,1-2H3;1,4-8,13-15,22H,9-11,19H2,2H3/t18-,19-,20+,23?;13-,14-,15+,18?/m00/s1. The second kappa shape index (κ2) is 16.4. The zero-order chi connectivity index (χ0) is 39.7. The summed E-state index contributed by atoms with van der Waals surface area (Å²) >= 11 is 3.04. The summed E-state index contributed by atoms with van der Waals surface area (Å²) in [6, 6.07) is 24.4. The van der Waals surface area contributed by atoms with Crippen molar-refractivity contribution in [1.82, 2.24) is 19.6 Å². The Hall–Kier alpha value is -4.36. The number of amides is 4. The van der Waals surface area contributed by atoms with E-state index in [9.17, 15) is 29.4 Å². The first-order valence-electron chi connectivity index (χ1n) is 18.2. The minimum absolute atomic E-state index is 0.0806. The van der Waals surface area contributed by atoms with Gasteiger partial charge in [0.2, 0.25) is 5.91 Å². The van der Waals surface area contributed by atoms with Crippen molar-refractivity contribution in [2.75, 3.05) is 18.3 Å². The molecule has 6 N–H and O–H groups in total. The highest BCUT2D eigenvalue weighted by atomic mass is 32.2. The number of nitrogens with two attached hydrogens (primary N) is 2. The van der Waals surface area contributed by atoms with Crippen molar-refractivity contribution in [3.63, 3.8) is 0 Å². The van der Waals surface area contributed by atoms with Crippen LogP contribution in [0.4, 0.5) is 0 Å². The maximum absolute atomic E-state index is 13.0. The number of rotatable bonds is 11. The molecular formula is C41H48N6O6S2. The van der Waals surface area contributed by atoms with Crippen LogP contribution < -0.4 is 11.5 Å². The van der Waals surface area contributed by atoms with Gasteiger partial charge in [-0.05, 0) is 55.9 Å². The maximum Gasteiger partial charge on any atom is 0.254 e. The molecule has 14 heteroatoms. The Morgan fingerprint density at radius 3 is 1.64 bits per heavy atom. The van der Waals surface area contributed by atoms with E-state index in [1.54, 1.807) is 16.7 Å². The lowest BCUT2D eigenvalue weighted by Crippen LogP contribution is -2.73. The Kier molecular flexibility index (Phi) is 12.0. The third kappa shape index (κ3) is 7.61. The third-order valence-corrected chi connectivity index (χ3v) is 13.9. The molecule has 8 atom stereocenters. The largest absolute Gasteiger partial charge is 0.382 e. The van der Waals surface area contributed by atoms with Gasteiger partial charge in [-0.15, -0.1) is 29.9 Å². The second-order valence-electron chi connectivity index (χ2n) is 14.7. The molecule has 0 radical (unpaired) electrons. The molecule has 290 valence electrons. The van der Waals surface area contributed by atoms with Crippen LogP contribution in [0.5, 0.6) is 0 Å². The van der Waals surface area contributed by atoms with Gasteiger partial charge >= 0.3 is 0 Å². The summed E-state index contributed by atoms with van der Waals surface area (Å²) in [6.45, 7) is 6.65. The normalized spacial score (nSPS) is 26.0. The maximum atomic E-state index is 13.0. The zero-order valence-electron chi connectivity index (χ0n) is 31.2. The van der Waals surface area contributed by atoms with Crippen LogP contribution in [-0.4, -0.2) is 118 Å². The summed E-state index contributed by atoms with van der Waals surface area (Å²) in [6.07, 6.45) is 3.39. The number of β-lactam (4-membered cyclic amide) rings is 2. The fraction of sp³-hybridized carbons (Fsp3) is 0.415. The summed E-state index contributed by atoms with van der Waals surface area (Å²) in [5.41, 5.74) is 16.3. The van der Waals surface area contributed by atoms with E-state index in [0.29, 0.717) is 31.1 Å². The molecule has 0 bridgehead atoms. The van der Waals surface area contributed by atoms with Crippen molar-refractivity contribution in [3.8, 4) is 12.3 Å². The Balaban J connectivity index is 0.000000190. The first-order chi connectivity index (χ1) is 26.2. The lowest BCUT2D eigenvalue weighted by Gasteiger charge is -2.53. The summed E-state index contributed by atoms with van der Waals surface area (Å²) in [5.74, 6) is 1.94. The second-order valence-corrected chi connectivity index (χ2v) is 17.4. The molecule has 55 heavy (non-hydrogen) atoms. The predicted molar refractivity (Wildman–Crippen MR) is 214 cm³/mol. The molecule has 12 nitrogen and oxygen atoms in total.